The molecule has 1 aliphatic rings. The average Bonchev–Trinajstić information content (AvgIpc) is 2.76. The summed E-state index contributed by atoms with van der Waals surface area (Å²) in [6.45, 7) is 6.23. The van der Waals surface area contributed by atoms with Gasteiger partial charge in [-0.05, 0) is 12.1 Å². The fourth-order valence-corrected chi connectivity index (χ4v) is 2.23. The lowest BCUT2D eigenvalue weighted by molar-refractivity contribution is 0.0572. The van der Waals surface area contributed by atoms with Gasteiger partial charge in [-0.2, -0.15) is 0 Å². The number of aliphatic hydroxyl groups excluding tert-OH is 2. The number of aliphatic hydroxyl groups is 2. The number of rotatable bonds is 2. The summed E-state index contributed by atoms with van der Waals surface area (Å²) in [5.41, 5.74) is 3.40. The van der Waals surface area contributed by atoms with Crippen LogP contribution in [0.4, 0.5) is 5.82 Å². The fraction of sp³-hybridized carbons (Fsp3) is 0.571. The van der Waals surface area contributed by atoms with Gasteiger partial charge in [0.1, 0.15) is 5.82 Å². The van der Waals surface area contributed by atoms with E-state index in [4.69, 9.17) is 5.84 Å². The number of carbonyl (C=O) groups excluding carboxylic acids is 1. The van der Waals surface area contributed by atoms with Crippen LogP contribution in [-0.4, -0.2) is 51.3 Å². The van der Waals surface area contributed by atoms with Gasteiger partial charge in [-0.15, -0.1) is 0 Å². The first kappa shape index (κ1) is 15.7. The molecule has 0 bridgehead atoms. The van der Waals surface area contributed by atoms with Crippen molar-refractivity contribution in [3.05, 3.63) is 23.4 Å². The minimum Gasteiger partial charge on any atom is -0.388 e. The maximum Gasteiger partial charge on any atom is 0.254 e. The van der Waals surface area contributed by atoms with Crippen LogP contribution >= 0.6 is 0 Å². The Bertz CT molecular complexity index is 532. The summed E-state index contributed by atoms with van der Waals surface area (Å²) in [5.74, 6) is 5.56. The zero-order valence-corrected chi connectivity index (χ0v) is 12.5. The van der Waals surface area contributed by atoms with Crippen LogP contribution in [0.3, 0.4) is 0 Å². The second kappa shape index (κ2) is 5.59. The molecule has 7 heteroatoms. The minimum absolute atomic E-state index is 0.124. The highest BCUT2D eigenvalue weighted by molar-refractivity contribution is 5.95. The van der Waals surface area contributed by atoms with Crippen molar-refractivity contribution in [2.24, 2.45) is 5.84 Å². The van der Waals surface area contributed by atoms with Gasteiger partial charge < -0.3 is 20.5 Å². The number of hydrogen-bond acceptors (Lipinski definition) is 6. The van der Waals surface area contributed by atoms with Crippen LogP contribution in [0.2, 0.25) is 0 Å². The molecule has 0 saturated carbocycles. The second-order valence-electron chi connectivity index (χ2n) is 6.37. The van der Waals surface area contributed by atoms with Crippen LogP contribution in [0.5, 0.6) is 0 Å². The number of hydrogen-bond donors (Lipinski definition) is 4. The fourth-order valence-electron chi connectivity index (χ4n) is 2.23. The lowest BCUT2D eigenvalue weighted by Gasteiger charge is -2.21. The first-order chi connectivity index (χ1) is 9.72. The molecule has 2 atom stereocenters. The third-order valence-corrected chi connectivity index (χ3v) is 3.53. The zero-order chi connectivity index (χ0) is 15.8. The summed E-state index contributed by atoms with van der Waals surface area (Å²) in [4.78, 5) is 18.3. The highest BCUT2D eigenvalue weighted by atomic mass is 16.3. The first-order valence-electron chi connectivity index (χ1n) is 6.87. The smallest absolute Gasteiger partial charge is 0.254 e. The molecule has 0 radical (unpaired) electrons. The van der Waals surface area contributed by atoms with E-state index in [-0.39, 0.29) is 24.4 Å². The molecule has 1 amide bonds. The van der Waals surface area contributed by atoms with E-state index in [1.54, 1.807) is 12.1 Å². The maximum absolute atomic E-state index is 12.5. The minimum atomic E-state index is -0.898. The van der Waals surface area contributed by atoms with E-state index in [2.05, 4.69) is 10.4 Å². The first-order valence-corrected chi connectivity index (χ1v) is 6.87. The van der Waals surface area contributed by atoms with Crippen molar-refractivity contribution < 1.29 is 15.0 Å². The summed E-state index contributed by atoms with van der Waals surface area (Å²) < 4.78 is 0. The van der Waals surface area contributed by atoms with Crippen LogP contribution < -0.4 is 11.3 Å². The SMILES string of the molecule is CC(C)(C)c1cc(C(=O)N2CC(O)C(O)C2)cc(NN)n1. The Kier molecular flexibility index (Phi) is 4.18. The van der Waals surface area contributed by atoms with E-state index in [9.17, 15) is 15.0 Å². The highest BCUT2D eigenvalue weighted by Gasteiger charge is 2.33. The molecular weight excluding hydrogens is 272 g/mol. The molecular formula is C14H22N4O3. The quantitative estimate of drug-likeness (QED) is 0.445. The lowest BCUT2D eigenvalue weighted by Crippen LogP contribution is -2.30. The predicted molar refractivity (Wildman–Crippen MR) is 78.7 cm³/mol. The highest BCUT2D eigenvalue weighted by Crippen LogP contribution is 2.24. The van der Waals surface area contributed by atoms with Gasteiger partial charge in [0.2, 0.25) is 0 Å². The number of carbonyl (C=O) groups is 1. The molecule has 0 aromatic carbocycles. The monoisotopic (exact) mass is 294 g/mol. The molecule has 0 aliphatic carbocycles. The standard InChI is InChI=1S/C14H22N4O3/c1-14(2,3)11-4-8(5-12(16-11)17-15)13(21)18-6-9(19)10(20)7-18/h4-5,9-10,19-20H,6-7,15H2,1-3H3,(H,16,17). The van der Waals surface area contributed by atoms with Crippen molar-refractivity contribution in [3.8, 4) is 0 Å². The number of pyridine rings is 1. The van der Waals surface area contributed by atoms with Crippen LogP contribution in [0.1, 0.15) is 36.8 Å². The number of nitrogens with zero attached hydrogens (tertiary/aromatic N) is 2. The van der Waals surface area contributed by atoms with Gasteiger partial charge in [0.05, 0.1) is 12.2 Å². The molecule has 116 valence electrons. The molecule has 2 unspecified atom stereocenters. The molecule has 1 saturated heterocycles. The third kappa shape index (κ3) is 3.31. The number of β-amino-alcohol motifs (C(OH)–C–C–N with tert-alkyl or cyclic N) is 2. The number of aromatic nitrogens is 1. The van der Waals surface area contributed by atoms with Crippen molar-refractivity contribution in [2.75, 3.05) is 18.5 Å². The number of likely N-dealkylation sites (tertiary alicyclic amines) is 1. The average molecular weight is 294 g/mol. The second-order valence-corrected chi connectivity index (χ2v) is 6.37. The van der Waals surface area contributed by atoms with E-state index < -0.39 is 12.2 Å². The normalized spacial score (nSPS) is 22.5. The summed E-state index contributed by atoms with van der Waals surface area (Å²) in [6.07, 6.45) is -1.80. The van der Waals surface area contributed by atoms with Gasteiger partial charge in [-0.3, -0.25) is 4.79 Å². The predicted octanol–water partition coefficient (Wildman–Crippen LogP) is -0.158. The van der Waals surface area contributed by atoms with Gasteiger partial charge in [-0.25, -0.2) is 10.8 Å². The molecule has 5 N–H and O–H groups in total. The van der Waals surface area contributed by atoms with Crippen molar-refractivity contribution in [1.29, 1.82) is 0 Å². The molecule has 1 aromatic heterocycles. The number of nitrogen functional groups attached to an aromatic ring is 1. The van der Waals surface area contributed by atoms with E-state index >= 15 is 0 Å². The summed E-state index contributed by atoms with van der Waals surface area (Å²) >= 11 is 0. The van der Waals surface area contributed by atoms with Gasteiger partial charge in [0.25, 0.3) is 5.91 Å². The van der Waals surface area contributed by atoms with E-state index in [0.29, 0.717) is 11.4 Å². The van der Waals surface area contributed by atoms with Gasteiger partial charge in [-0.1, -0.05) is 20.8 Å². The van der Waals surface area contributed by atoms with Crippen LogP contribution in [0.25, 0.3) is 0 Å². The Morgan fingerprint density at radius 1 is 1.33 bits per heavy atom. The van der Waals surface area contributed by atoms with Crippen LogP contribution in [0.15, 0.2) is 12.1 Å². The number of nitrogens with two attached hydrogens (primary N) is 1. The molecule has 1 fully saturated rings. The Hall–Kier alpha value is -1.70. The van der Waals surface area contributed by atoms with Crippen LogP contribution in [0, 0.1) is 0 Å². The summed E-state index contributed by atoms with van der Waals surface area (Å²) in [6, 6.07) is 3.29. The Morgan fingerprint density at radius 3 is 2.38 bits per heavy atom. The number of nitrogens with one attached hydrogen (secondary N) is 1. The summed E-state index contributed by atoms with van der Waals surface area (Å²) in [5, 5.41) is 19.1. The lowest BCUT2D eigenvalue weighted by atomic mass is 9.90. The maximum atomic E-state index is 12.5. The van der Waals surface area contributed by atoms with Crippen molar-refractivity contribution in [3.63, 3.8) is 0 Å². The summed E-state index contributed by atoms with van der Waals surface area (Å²) in [7, 11) is 0. The van der Waals surface area contributed by atoms with Crippen LogP contribution in [-0.2, 0) is 5.41 Å². The Labute approximate surface area is 123 Å². The van der Waals surface area contributed by atoms with Gasteiger partial charge in [0.15, 0.2) is 0 Å². The number of hydrazine groups is 1. The molecule has 1 aromatic rings. The van der Waals surface area contributed by atoms with Gasteiger partial charge in [0, 0.05) is 29.8 Å². The molecule has 7 nitrogen and oxygen atoms in total. The Morgan fingerprint density at radius 2 is 1.90 bits per heavy atom. The van der Waals surface area contributed by atoms with Crippen molar-refractivity contribution in [2.45, 2.75) is 38.4 Å². The number of anilines is 1. The molecule has 0 spiro atoms. The van der Waals surface area contributed by atoms with Gasteiger partial charge >= 0.3 is 0 Å². The molecule has 2 heterocycles. The topological polar surface area (TPSA) is 112 Å². The van der Waals surface area contributed by atoms with Crippen molar-refractivity contribution in [1.82, 2.24) is 9.88 Å². The van der Waals surface area contributed by atoms with E-state index in [0.717, 1.165) is 5.69 Å². The number of amides is 1. The van der Waals surface area contributed by atoms with Crippen molar-refractivity contribution >= 4 is 11.7 Å². The Balaban J connectivity index is 2.33. The molecule has 2 rings (SSSR count). The largest absolute Gasteiger partial charge is 0.388 e. The third-order valence-electron chi connectivity index (χ3n) is 3.53. The van der Waals surface area contributed by atoms with E-state index in [1.165, 1.54) is 4.90 Å². The van der Waals surface area contributed by atoms with E-state index in [1.807, 2.05) is 20.8 Å². The molecule has 21 heavy (non-hydrogen) atoms. The molecule has 1 aliphatic heterocycles. The zero-order valence-electron chi connectivity index (χ0n) is 12.5.